The summed E-state index contributed by atoms with van der Waals surface area (Å²) in [5, 5.41) is 7.44. The SMILES string of the molecule is CCCCOc1ccc([S+]2CCCC2)c2ccccc12.FC(F)(F)OCc1ccc([S+]2CCCC2)c2ccccc12.c1ccc(-[s+]2c3ccccc3c3ccccc32)cc1.c1ccc([S+]2c3ccccc3Oc3ccccc32)cc1. The average Bonchev–Trinajstić information content (AvgIpc) is 4.36. The lowest BCUT2D eigenvalue weighted by molar-refractivity contribution is -0.330. The monoisotopic (exact) mass is 1140 g/mol. The van der Waals surface area contributed by atoms with E-state index in [4.69, 9.17) is 9.47 Å². The Bertz CT molecular complexity index is 3720. The zero-order valence-electron chi connectivity index (χ0n) is 44.9. The molecule has 0 atom stereocenters. The molecule has 0 radical (unpaired) electrons. The van der Waals surface area contributed by atoms with Gasteiger partial charge < -0.3 is 9.47 Å². The minimum atomic E-state index is -4.59. The smallest absolute Gasteiger partial charge is 0.493 e. The van der Waals surface area contributed by atoms with Gasteiger partial charge >= 0.3 is 6.36 Å². The molecule has 0 aliphatic carbocycles. The van der Waals surface area contributed by atoms with E-state index in [-0.39, 0.29) is 32.3 Å². The summed E-state index contributed by atoms with van der Waals surface area (Å²) in [5.74, 6) is 8.14. The molecular weight excluding hydrogens is 1070 g/mol. The molecule has 0 saturated carbocycles. The number of ether oxygens (including phenoxy) is 3. The fraction of sp³-hybridized carbons (Fsp3) is 0.200. The topological polar surface area (TPSA) is 27.7 Å². The van der Waals surface area contributed by atoms with Gasteiger partial charge in [-0.1, -0.05) is 141 Å². The van der Waals surface area contributed by atoms with Gasteiger partial charge in [-0.25, -0.2) is 0 Å². The third-order valence-corrected chi connectivity index (χ3v) is 24.2. The van der Waals surface area contributed by atoms with Gasteiger partial charge in [0.2, 0.25) is 9.79 Å². The number of para-hydroxylation sites is 2. The van der Waals surface area contributed by atoms with Crippen molar-refractivity contribution in [1.82, 2.24) is 0 Å². The summed E-state index contributed by atoms with van der Waals surface area (Å²) in [7, 11) is 0.683. The average molecular weight is 1140 g/mol. The van der Waals surface area contributed by atoms with Crippen LogP contribution in [0.25, 0.3) is 46.6 Å². The highest BCUT2D eigenvalue weighted by Crippen LogP contribution is 2.49. The number of hydrogen-bond donors (Lipinski definition) is 0. The summed E-state index contributed by atoms with van der Waals surface area (Å²) >= 11 is 0. The van der Waals surface area contributed by atoms with Gasteiger partial charge in [0.05, 0.1) is 13.2 Å². The zero-order chi connectivity index (χ0) is 54.7. The molecule has 3 aliphatic rings. The maximum Gasteiger partial charge on any atom is 0.522 e. The van der Waals surface area contributed by atoms with Crippen LogP contribution in [0, 0.1) is 0 Å². The van der Waals surface area contributed by atoms with E-state index in [0.29, 0.717) is 16.5 Å². The van der Waals surface area contributed by atoms with Crippen LogP contribution in [0.1, 0.15) is 51.0 Å². The van der Waals surface area contributed by atoms with Crippen LogP contribution in [0.3, 0.4) is 0 Å². The van der Waals surface area contributed by atoms with Crippen molar-refractivity contribution in [3.8, 4) is 22.1 Å². The second-order valence-corrected chi connectivity index (χ2v) is 28.2. The van der Waals surface area contributed by atoms with Gasteiger partial charge in [-0.2, -0.15) is 0 Å². The number of fused-ring (bicyclic) bond motifs is 7. The van der Waals surface area contributed by atoms with Crippen LogP contribution in [0.4, 0.5) is 13.2 Å². The van der Waals surface area contributed by atoms with Gasteiger partial charge in [0.15, 0.2) is 40.5 Å². The van der Waals surface area contributed by atoms with E-state index in [9.17, 15) is 13.2 Å². The van der Waals surface area contributed by atoms with Crippen molar-refractivity contribution >= 4 is 84.9 Å². The number of thiophene rings is 1. The Kier molecular flexibility index (Phi) is 18.2. The van der Waals surface area contributed by atoms with Crippen molar-refractivity contribution in [1.29, 1.82) is 0 Å². The fourth-order valence-electron chi connectivity index (χ4n) is 10.7. The molecule has 404 valence electrons. The Morgan fingerprint density at radius 3 is 1.40 bits per heavy atom. The third kappa shape index (κ3) is 12.8. The molecule has 2 saturated heterocycles. The number of rotatable bonds is 10. The molecule has 2 fully saturated rings. The zero-order valence-corrected chi connectivity index (χ0v) is 48.2. The highest BCUT2D eigenvalue weighted by molar-refractivity contribution is 7.98. The predicted molar refractivity (Wildman–Crippen MR) is 335 cm³/mol. The van der Waals surface area contributed by atoms with Crippen molar-refractivity contribution in [2.24, 2.45) is 0 Å². The van der Waals surface area contributed by atoms with Crippen LogP contribution in [0.5, 0.6) is 17.2 Å². The fourth-order valence-corrected chi connectivity index (χ4v) is 20.3. The molecule has 0 spiro atoms. The Hall–Kier alpha value is -6.66. The molecule has 10 heteroatoms. The van der Waals surface area contributed by atoms with Crippen LogP contribution in [0.2, 0.25) is 0 Å². The number of hydrogen-bond acceptors (Lipinski definition) is 3. The molecule has 11 aromatic rings. The molecule has 3 aliphatic heterocycles. The second-order valence-electron chi connectivity index (χ2n) is 19.8. The molecule has 0 amide bonds. The number of halogens is 3. The van der Waals surface area contributed by atoms with Gasteiger partial charge in [-0.15, -0.1) is 13.2 Å². The molecule has 80 heavy (non-hydrogen) atoms. The summed E-state index contributed by atoms with van der Waals surface area (Å²) in [5.41, 5.74) is 0.592. The normalized spacial score (nSPS) is 14.3. The molecule has 0 N–H and O–H groups in total. The van der Waals surface area contributed by atoms with E-state index in [1.807, 2.05) is 54.6 Å². The second kappa shape index (κ2) is 26.3. The summed E-state index contributed by atoms with van der Waals surface area (Å²) < 4.78 is 55.7. The van der Waals surface area contributed by atoms with E-state index in [0.717, 1.165) is 41.0 Å². The van der Waals surface area contributed by atoms with Gasteiger partial charge in [0.25, 0.3) is 0 Å². The largest absolute Gasteiger partial charge is 0.522 e. The predicted octanol–water partition coefficient (Wildman–Crippen LogP) is 20.1. The van der Waals surface area contributed by atoms with Crippen molar-refractivity contribution in [2.45, 2.75) is 82.9 Å². The number of benzene rings is 10. The van der Waals surface area contributed by atoms with Crippen molar-refractivity contribution in [2.75, 3.05) is 29.6 Å². The van der Waals surface area contributed by atoms with Crippen LogP contribution in [-0.2, 0) is 44.0 Å². The summed E-state index contributed by atoms with van der Waals surface area (Å²) in [6, 6.07) is 80.4. The van der Waals surface area contributed by atoms with Crippen LogP contribution < -0.4 is 9.47 Å². The van der Waals surface area contributed by atoms with Crippen molar-refractivity contribution in [3.63, 3.8) is 0 Å². The Labute approximate surface area is 479 Å². The first-order chi connectivity index (χ1) is 39.3. The molecule has 0 unspecified atom stereocenters. The molecule has 10 aromatic carbocycles. The molecular formula is C70H65F3O3S4+4. The summed E-state index contributed by atoms with van der Waals surface area (Å²) in [6.45, 7) is 2.59. The maximum absolute atomic E-state index is 12.2. The first kappa shape index (κ1) is 55.3. The van der Waals surface area contributed by atoms with Crippen LogP contribution in [-0.4, -0.2) is 36.0 Å². The summed E-state index contributed by atoms with van der Waals surface area (Å²) in [6.07, 6.45) is 3.00. The quantitative estimate of drug-likeness (QED) is 0.101. The van der Waals surface area contributed by atoms with E-state index in [1.165, 1.54) is 111 Å². The van der Waals surface area contributed by atoms with Gasteiger partial charge in [-0.05, 0) is 146 Å². The first-order valence-corrected chi connectivity index (χ1v) is 33.2. The van der Waals surface area contributed by atoms with Gasteiger partial charge in [-0.3, -0.25) is 4.74 Å². The van der Waals surface area contributed by atoms with Gasteiger partial charge in [0, 0.05) is 59.2 Å². The highest BCUT2D eigenvalue weighted by atomic mass is 32.2. The standard InChI is InChI=1S/C18H13OS.C18H23OS.C18H13S.C16H16F3OS/c1-2-8-14(9-3-1)20-17-12-6-4-10-15(17)19-16-11-5-7-13-18(16)20;1-2-3-12-19-17-10-11-18(20-13-6-7-14-20)16-9-5-4-8-15(16)17;1-2-8-14(9-3-1)19-17-12-6-4-10-15(17)16-11-5-7-13-18(16)19;17-16(18,19)20-11-12-7-8-15(21-9-3-4-10-21)14-6-2-1-5-13(12)14/h1-13H;4-5,8-11H,2-3,6-7,12-14H2,1H3;1-13H;1-2,5-8H,3-4,9-11H2/q4*+1. The lowest BCUT2D eigenvalue weighted by Gasteiger charge is -2.19. The minimum absolute atomic E-state index is 0.0594. The lowest BCUT2D eigenvalue weighted by Crippen LogP contribution is -2.13. The van der Waals surface area contributed by atoms with E-state index >= 15 is 0 Å². The molecule has 0 bridgehead atoms. The van der Waals surface area contributed by atoms with E-state index < -0.39 is 13.0 Å². The van der Waals surface area contributed by atoms with Gasteiger partial charge in [0.1, 0.15) is 39.7 Å². The van der Waals surface area contributed by atoms with E-state index in [2.05, 4.69) is 182 Å². The maximum atomic E-state index is 12.2. The lowest BCUT2D eigenvalue weighted by atomic mass is 10.1. The molecule has 14 rings (SSSR count). The number of alkyl halides is 3. The van der Waals surface area contributed by atoms with Crippen molar-refractivity contribution < 1.29 is 27.4 Å². The third-order valence-electron chi connectivity index (χ3n) is 14.5. The molecule has 3 nitrogen and oxygen atoms in total. The summed E-state index contributed by atoms with van der Waals surface area (Å²) in [4.78, 5) is 8.10. The number of unbranched alkanes of at least 4 members (excludes halogenated alkanes) is 1. The Balaban J connectivity index is 0.000000113. The molecule has 1 aromatic heterocycles. The van der Waals surface area contributed by atoms with Crippen molar-refractivity contribution in [3.05, 3.63) is 236 Å². The molecule has 4 heterocycles. The highest BCUT2D eigenvalue weighted by Gasteiger charge is 2.39. The minimum Gasteiger partial charge on any atom is -0.493 e. The van der Waals surface area contributed by atoms with Crippen LogP contribution in [0.15, 0.2) is 255 Å². The van der Waals surface area contributed by atoms with Crippen LogP contribution >= 0.6 is 10.5 Å². The Morgan fingerprint density at radius 1 is 0.425 bits per heavy atom. The first-order valence-electron chi connectivity index (χ1n) is 27.7. The van der Waals surface area contributed by atoms with E-state index in [1.54, 1.807) is 11.0 Å². The Morgan fingerprint density at radius 2 is 0.863 bits per heavy atom.